The number of imidazole rings is 1. The highest BCUT2D eigenvalue weighted by Crippen LogP contribution is 2.30. The van der Waals surface area contributed by atoms with Crippen LogP contribution in [-0.4, -0.2) is 76.9 Å². The summed E-state index contributed by atoms with van der Waals surface area (Å²) in [7, 11) is 2.72. The average molecular weight is 587 g/mol. The summed E-state index contributed by atoms with van der Waals surface area (Å²) in [5, 5.41) is 2.78. The molecule has 2 heterocycles. The van der Waals surface area contributed by atoms with Gasteiger partial charge in [-0.05, 0) is 43.3 Å². The SMILES string of the molecule is C=C(CCN)C(=O)N1CCN(C(=O)c2ccc(NC(=O)c3ncc(-c4ccc(OC)c(F)c4F)n3C)cc2Cl)CC1. The quantitative estimate of drug-likeness (QED) is 0.390. The van der Waals surface area contributed by atoms with Gasteiger partial charge >= 0.3 is 0 Å². The number of piperazine rings is 1. The second-order valence-corrected chi connectivity index (χ2v) is 9.75. The zero-order chi connectivity index (χ0) is 29.8. The number of carbonyl (C=O) groups excluding carboxylic acids is 3. The lowest BCUT2D eigenvalue weighted by Crippen LogP contribution is -2.51. The van der Waals surface area contributed by atoms with Crippen molar-refractivity contribution in [2.45, 2.75) is 6.42 Å². The van der Waals surface area contributed by atoms with E-state index in [4.69, 9.17) is 22.1 Å². The van der Waals surface area contributed by atoms with Gasteiger partial charge < -0.3 is 30.2 Å². The number of nitrogens with zero attached hydrogens (tertiary/aromatic N) is 4. The van der Waals surface area contributed by atoms with Crippen molar-refractivity contribution in [3.8, 4) is 17.0 Å². The lowest BCUT2D eigenvalue weighted by atomic mass is 10.1. The van der Waals surface area contributed by atoms with Crippen LogP contribution in [0.15, 0.2) is 48.7 Å². The number of hydrogen-bond donors (Lipinski definition) is 2. The topological polar surface area (TPSA) is 123 Å². The van der Waals surface area contributed by atoms with Gasteiger partial charge in [-0.3, -0.25) is 14.4 Å². The van der Waals surface area contributed by atoms with Gasteiger partial charge in [0.05, 0.1) is 29.6 Å². The van der Waals surface area contributed by atoms with Crippen LogP contribution in [0.3, 0.4) is 0 Å². The molecule has 0 spiro atoms. The van der Waals surface area contributed by atoms with Crippen molar-refractivity contribution in [2.24, 2.45) is 12.8 Å². The number of ether oxygens (including phenoxy) is 1. The minimum atomic E-state index is -1.15. The van der Waals surface area contributed by atoms with Gasteiger partial charge in [-0.15, -0.1) is 0 Å². The van der Waals surface area contributed by atoms with Crippen LogP contribution in [0, 0.1) is 11.6 Å². The standard InChI is InChI=1S/C28H29ClF2N6O4/c1-16(8-9-32)27(39)36-10-12-37(13-11-36)28(40)18-5-4-17(14-20(18)29)34-26(38)25-33-15-21(35(25)2)19-6-7-22(41-3)24(31)23(19)30/h4-7,14-15H,1,8-13,32H2,2-3H3,(H,34,38). The lowest BCUT2D eigenvalue weighted by Gasteiger charge is -2.35. The Morgan fingerprint density at radius 1 is 1.10 bits per heavy atom. The Hall–Kier alpha value is -4.29. The molecule has 0 atom stereocenters. The maximum atomic E-state index is 14.6. The summed E-state index contributed by atoms with van der Waals surface area (Å²) in [6.07, 6.45) is 1.67. The van der Waals surface area contributed by atoms with E-state index >= 15 is 0 Å². The van der Waals surface area contributed by atoms with Gasteiger partial charge in [0.15, 0.2) is 17.4 Å². The first kappa shape index (κ1) is 29.7. The van der Waals surface area contributed by atoms with Crippen LogP contribution in [0.1, 0.15) is 27.4 Å². The summed E-state index contributed by atoms with van der Waals surface area (Å²) in [5.41, 5.74) is 6.58. The number of benzene rings is 2. The van der Waals surface area contributed by atoms with Crippen molar-refractivity contribution in [3.05, 3.63) is 76.7 Å². The summed E-state index contributed by atoms with van der Waals surface area (Å²) < 4.78 is 34.9. The molecule has 3 N–H and O–H groups in total. The lowest BCUT2D eigenvalue weighted by molar-refractivity contribution is -0.128. The summed E-state index contributed by atoms with van der Waals surface area (Å²) >= 11 is 6.41. The Labute approximate surface area is 240 Å². The monoisotopic (exact) mass is 586 g/mol. The van der Waals surface area contributed by atoms with Gasteiger partial charge in [-0.1, -0.05) is 18.2 Å². The van der Waals surface area contributed by atoms with Gasteiger partial charge in [0, 0.05) is 50.1 Å². The van der Waals surface area contributed by atoms with E-state index < -0.39 is 17.5 Å². The number of hydrogen-bond acceptors (Lipinski definition) is 6. The van der Waals surface area contributed by atoms with Crippen molar-refractivity contribution in [3.63, 3.8) is 0 Å². The number of aromatic nitrogens is 2. The number of anilines is 1. The fourth-order valence-electron chi connectivity index (χ4n) is 4.50. The molecule has 216 valence electrons. The molecule has 3 amide bonds. The predicted molar refractivity (Wildman–Crippen MR) is 150 cm³/mol. The molecular formula is C28H29ClF2N6O4. The highest BCUT2D eigenvalue weighted by molar-refractivity contribution is 6.34. The molecule has 3 aromatic rings. The van der Waals surface area contributed by atoms with E-state index in [1.54, 1.807) is 9.80 Å². The molecule has 10 nitrogen and oxygen atoms in total. The summed E-state index contributed by atoms with van der Waals surface area (Å²) in [5.74, 6) is -3.67. The van der Waals surface area contributed by atoms with Crippen molar-refractivity contribution in [1.29, 1.82) is 0 Å². The summed E-state index contributed by atoms with van der Waals surface area (Å²) in [6.45, 7) is 5.49. The molecular weight excluding hydrogens is 558 g/mol. The van der Waals surface area contributed by atoms with Crippen LogP contribution in [0.4, 0.5) is 14.5 Å². The van der Waals surface area contributed by atoms with Gasteiger partial charge in [0.1, 0.15) is 0 Å². The van der Waals surface area contributed by atoms with E-state index in [9.17, 15) is 23.2 Å². The minimum Gasteiger partial charge on any atom is -0.494 e. The molecule has 1 fully saturated rings. The van der Waals surface area contributed by atoms with Crippen molar-refractivity contribution in [1.82, 2.24) is 19.4 Å². The highest BCUT2D eigenvalue weighted by atomic mass is 35.5. The molecule has 4 rings (SSSR count). The van der Waals surface area contributed by atoms with Crippen LogP contribution >= 0.6 is 11.6 Å². The van der Waals surface area contributed by atoms with Crippen molar-refractivity contribution < 1.29 is 27.9 Å². The van der Waals surface area contributed by atoms with E-state index in [0.717, 1.165) is 0 Å². The molecule has 1 aliphatic rings. The zero-order valence-corrected chi connectivity index (χ0v) is 23.3. The third-order valence-electron chi connectivity index (χ3n) is 6.79. The Morgan fingerprint density at radius 2 is 1.78 bits per heavy atom. The Morgan fingerprint density at radius 3 is 2.41 bits per heavy atom. The second-order valence-electron chi connectivity index (χ2n) is 9.34. The second kappa shape index (κ2) is 12.5. The number of nitrogens with two attached hydrogens (primary N) is 1. The molecule has 1 saturated heterocycles. The Kier molecular flexibility index (Phi) is 9.04. The molecule has 1 aromatic heterocycles. The molecule has 2 aromatic carbocycles. The number of carbonyl (C=O) groups is 3. The molecule has 0 bridgehead atoms. The maximum absolute atomic E-state index is 14.6. The predicted octanol–water partition coefficient (Wildman–Crippen LogP) is 3.47. The van der Waals surface area contributed by atoms with Crippen LogP contribution in [0.2, 0.25) is 5.02 Å². The molecule has 13 heteroatoms. The molecule has 41 heavy (non-hydrogen) atoms. The van der Waals surface area contributed by atoms with Gasteiger partial charge in [-0.2, -0.15) is 4.39 Å². The van der Waals surface area contributed by atoms with Crippen molar-refractivity contribution in [2.75, 3.05) is 45.2 Å². The van der Waals surface area contributed by atoms with Gasteiger partial charge in [0.25, 0.3) is 11.8 Å². The molecule has 0 saturated carbocycles. The molecule has 0 radical (unpaired) electrons. The number of methoxy groups -OCH3 is 1. The largest absolute Gasteiger partial charge is 0.494 e. The van der Waals surface area contributed by atoms with Crippen LogP contribution < -0.4 is 15.8 Å². The fraction of sp³-hybridized carbons (Fsp3) is 0.286. The normalized spacial score (nSPS) is 13.2. The third kappa shape index (κ3) is 6.08. The van der Waals surface area contributed by atoms with E-state index in [1.807, 2.05) is 0 Å². The fourth-order valence-corrected chi connectivity index (χ4v) is 4.76. The molecule has 0 aliphatic carbocycles. The van der Waals surface area contributed by atoms with E-state index in [0.29, 0.717) is 50.4 Å². The van der Waals surface area contributed by atoms with Crippen LogP contribution in [0.25, 0.3) is 11.3 Å². The van der Waals surface area contributed by atoms with Gasteiger partial charge in [0.2, 0.25) is 11.7 Å². The zero-order valence-electron chi connectivity index (χ0n) is 22.5. The summed E-state index contributed by atoms with van der Waals surface area (Å²) in [4.78, 5) is 45.8. The van der Waals surface area contributed by atoms with Gasteiger partial charge in [-0.25, -0.2) is 9.37 Å². The highest BCUT2D eigenvalue weighted by Gasteiger charge is 2.27. The number of rotatable bonds is 8. The first-order valence-electron chi connectivity index (χ1n) is 12.7. The van der Waals surface area contributed by atoms with Crippen LogP contribution in [-0.2, 0) is 11.8 Å². The van der Waals surface area contributed by atoms with E-state index in [2.05, 4.69) is 16.9 Å². The first-order valence-corrected chi connectivity index (χ1v) is 13.1. The maximum Gasteiger partial charge on any atom is 0.291 e. The Balaban J connectivity index is 1.42. The number of nitrogens with one attached hydrogen (secondary N) is 1. The smallest absolute Gasteiger partial charge is 0.291 e. The van der Waals surface area contributed by atoms with Crippen LogP contribution in [0.5, 0.6) is 5.75 Å². The summed E-state index contributed by atoms with van der Waals surface area (Å²) in [6, 6.07) is 7.08. The minimum absolute atomic E-state index is 0.0616. The molecule has 0 unspecified atom stereocenters. The number of halogens is 3. The first-order chi connectivity index (χ1) is 19.6. The Bertz CT molecular complexity index is 1520. The van der Waals surface area contributed by atoms with E-state index in [1.165, 1.54) is 55.3 Å². The van der Waals surface area contributed by atoms with Crippen molar-refractivity contribution >= 4 is 35.0 Å². The average Bonchev–Trinajstić information content (AvgIpc) is 3.35. The third-order valence-corrected chi connectivity index (χ3v) is 7.11. The number of amides is 3. The molecule has 1 aliphatic heterocycles. The van der Waals surface area contributed by atoms with E-state index in [-0.39, 0.29) is 45.2 Å².